The highest BCUT2D eigenvalue weighted by Crippen LogP contribution is 2.31. The van der Waals surface area contributed by atoms with Gasteiger partial charge in [-0.05, 0) is 12.8 Å². The second-order valence-corrected chi connectivity index (χ2v) is 7.15. The number of carbonyl (C=O) groups is 2. The van der Waals surface area contributed by atoms with Crippen molar-refractivity contribution in [2.24, 2.45) is 10.7 Å². The number of rotatable bonds is 4. The molecule has 2 bridgehead atoms. The van der Waals surface area contributed by atoms with Crippen LogP contribution in [-0.2, 0) is 20.9 Å². The highest BCUT2D eigenvalue weighted by Gasteiger charge is 2.48. The smallest absolute Gasteiger partial charge is 0.385 e. The summed E-state index contributed by atoms with van der Waals surface area (Å²) in [6.07, 6.45) is -3.41. The zero-order valence-electron chi connectivity index (χ0n) is 14.3. The molecule has 3 N–H and O–H groups in total. The minimum Gasteiger partial charge on any atom is -0.385 e. The van der Waals surface area contributed by atoms with Crippen molar-refractivity contribution in [2.75, 3.05) is 6.54 Å². The molecule has 16 heteroatoms. The Hall–Kier alpha value is -2.85. The molecule has 3 amide bonds. The van der Waals surface area contributed by atoms with Crippen molar-refractivity contribution in [3.05, 3.63) is 23.8 Å². The van der Waals surface area contributed by atoms with Crippen LogP contribution in [0.25, 0.3) is 0 Å². The SMILES string of the molecule is NC(=NC(=O)c1ncc(C(F)(F)F)cn1)C1CCC2CN1C(=O)N2OS(=O)(=O)O. The van der Waals surface area contributed by atoms with Gasteiger partial charge in [-0.3, -0.25) is 9.35 Å². The lowest BCUT2D eigenvalue weighted by Crippen LogP contribution is -2.48. The summed E-state index contributed by atoms with van der Waals surface area (Å²) in [6, 6.07) is -2.47. The molecule has 2 atom stereocenters. The summed E-state index contributed by atoms with van der Waals surface area (Å²) < 4.78 is 72.3. The van der Waals surface area contributed by atoms with Gasteiger partial charge in [-0.2, -0.15) is 31.6 Å². The lowest BCUT2D eigenvalue weighted by Gasteiger charge is -2.29. The first kappa shape index (κ1) is 20.9. The van der Waals surface area contributed by atoms with Gasteiger partial charge in [0.2, 0.25) is 5.82 Å². The van der Waals surface area contributed by atoms with Crippen LogP contribution in [0.15, 0.2) is 17.4 Å². The van der Waals surface area contributed by atoms with Crippen LogP contribution in [0.4, 0.5) is 18.0 Å². The van der Waals surface area contributed by atoms with Crippen molar-refractivity contribution in [1.82, 2.24) is 19.9 Å². The van der Waals surface area contributed by atoms with Gasteiger partial charge in [0, 0.05) is 18.9 Å². The summed E-state index contributed by atoms with van der Waals surface area (Å²) in [5, 5.41) is 0.489. The van der Waals surface area contributed by atoms with Crippen molar-refractivity contribution < 1.29 is 40.0 Å². The van der Waals surface area contributed by atoms with Crippen LogP contribution >= 0.6 is 0 Å². The van der Waals surface area contributed by atoms with Crippen LogP contribution in [0.2, 0.25) is 0 Å². The van der Waals surface area contributed by atoms with Crippen LogP contribution in [0.5, 0.6) is 0 Å². The second-order valence-electron chi connectivity index (χ2n) is 6.14. The molecule has 2 unspecified atom stereocenters. The number of hydroxylamine groups is 2. The minimum atomic E-state index is -4.92. The Labute approximate surface area is 161 Å². The molecular weight excluding hydrogens is 425 g/mol. The highest BCUT2D eigenvalue weighted by molar-refractivity contribution is 7.80. The Morgan fingerprint density at radius 1 is 1.31 bits per heavy atom. The van der Waals surface area contributed by atoms with Gasteiger partial charge in [-0.25, -0.2) is 14.8 Å². The third-order valence-electron chi connectivity index (χ3n) is 4.24. The lowest BCUT2D eigenvalue weighted by atomic mass is 10.0. The maximum Gasteiger partial charge on any atom is 0.419 e. The number of nitrogens with two attached hydrogens (primary N) is 1. The van der Waals surface area contributed by atoms with Crippen molar-refractivity contribution >= 4 is 28.2 Å². The molecule has 2 aliphatic heterocycles. The highest BCUT2D eigenvalue weighted by atomic mass is 32.3. The quantitative estimate of drug-likeness (QED) is 0.373. The molecule has 0 aromatic carbocycles. The van der Waals surface area contributed by atoms with E-state index in [0.717, 1.165) is 4.90 Å². The van der Waals surface area contributed by atoms with Crippen LogP contribution in [0.1, 0.15) is 29.0 Å². The number of aromatic nitrogens is 2. The van der Waals surface area contributed by atoms with E-state index in [9.17, 15) is 31.2 Å². The number of piperidine rings is 1. The van der Waals surface area contributed by atoms with E-state index in [0.29, 0.717) is 17.5 Å². The lowest BCUT2D eigenvalue weighted by molar-refractivity contribution is -0.138. The average molecular weight is 438 g/mol. The van der Waals surface area contributed by atoms with Gasteiger partial charge in [0.25, 0.3) is 0 Å². The number of hydrogen-bond donors (Lipinski definition) is 2. The zero-order chi connectivity index (χ0) is 21.6. The largest absolute Gasteiger partial charge is 0.419 e. The summed E-state index contributed by atoms with van der Waals surface area (Å²) in [4.78, 5) is 35.6. The van der Waals surface area contributed by atoms with Gasteiger partial charge in [0.15, 0.2) is 0 Å². The van der Waals surface area contributed by atoms with E-state index in [1.54, 1.807) is 0 Å². The predicted octanol–water partition coefficient (Wildman–Crippen LogP) is -0.00420. The fraction of sp³-hybridized carbons (Fsp3) is 0.462. The standard InChI is InChI=1S/C13H13F3N6O6S/c14-13(15,16)6-3-18-10(19-4-6)11(23)20-9(17)8-2-1-7-5-21(8)12(24)22(7)28-29(25,26)27/h3-4,7-8H,1-2,5H2,(H2,17,20,23)(H,25,26,27). The molecular formula is C13H13F3N6O6S. The molecule has 29 heavy (non-hydrogen) atoms. The Kier molecular flexibility index (Phi) is 5.18. The van der Waals surface area contributed by atoms with Crippen LogP contribution in [0.3, 0.4) is 0 Å². The van der Waals surface area contributed by atoms with Crippen LogP contribution in [0, 0.1) is 0 Å². The van der Waals surface area contributed by atoms with Gasteiger partial charge in [-0.1, -0.05) is 0 Å². The normalized spacial score (nSPS) is 22.9. The molecule has 0 radical (unpaired) electrons. The van der Waals surface area contributed by atoms with Gasteiger partial charge in [0.05, 0.1) is 17.6 Å². The van der Waals surface area contributed by atoms with Crippen molar-refractivity contribution in [3.63, 3.8) is 0 Å². The first-order valence-electron chi connectivity index (χ1n) is 7.91. The average Bonchev–Trinajstić information content (AvgIpc) is 2.84. The summed E-state index contributed by atoms with van der Waals surface area (Å²) in [7, 11) is -4.92. The fourth-order valence-electron chi connectivity index (χ4n) is 2.97. The third kappa shape index (κ3) is 4.43. The topological polar surface area (TPSA) is 168 Å². The fourth-order valence-corrected chi connectivity index (χ4v) is 3.35. The molecule has 12 nitrogen and oxygen atoms in total. The maximum absolute atomic E-state index is 12.5. The first-order chi connectivity index (χ1) is 13.4. The predicted molar refractivity (Wildman–Crippen MR) is 86.4 cm³/mol. The van der Waals surface area contributed by atoms with Gasteiger partial charge < -0.3 is 10.6 Å². The molecule has 2 aliphatic rings. The van der Waals surface area contributed by atoms with Gasteiger partial charge in [0.1, 0.15) is 5.84 Å². The number of hydrogen-bond acceptors (Lipinski definition) is 7. The molecule has 3 rings (SSSR count). The van der Waals surface area contributed by atoms with Crippen LogP contribution < -0.4 is 5.73 Å². The molecule has 1 aromatic heterocycles. The number of amides is 3. The molecule has 0 aliphatic carbocycles. The number of amidine groups is 1. The van der Waals surface area contributed by atoms with E-state index in [1.165, 1.54) is 0 Å². The molecule has 158 valence electrons. The Morgan fingerprint density at radius 2 is 1.93 bits per heavy atom. The first-order valence-corrected chi connectivity index (χ1v) is 9.28. The Morgan fingerprint density at radius 3 is 2.48 bits per heavy atom. The maximum atomic E-state index is 12.5. The number of nitrogens with zero attached hydrogens (tertiary/aromatic N) is 5. The van der Waals surface area contributed by atoms with E-state index >= 15 is 0 Å². The second kappa shape index (κ2) is 7.20. The molecule has 2 fully saturated rings. The molecule has 0 saturated carbocycles. The number of fused-ring (bicyclic) bond motifs is 2. The third-order valence-corrected chi connectivity index (χ3v) is 4.59. The molecule has 0 spiro atoms. The van der Waals surface area contributed by atoms with E-state index in [-0.39, 0.29) is 25.2 Å². The van der Waals surface area contributed by atoms with Gasteiger partial charge in [-0.15, -0.1) is 4.28 Å². The van der Waals surface area contributed by atoms with Crippen molar-refractivity contribution in [2.45, 2.75) is 31.1 Å². The minimum absolute atomic E-state index is 0.000208. The zero-order valence-corrected chi connectivity index (χ0v) is 15.1. The number of urea groups is 1. The number of aliphatic imine (C=N–C) groups is 1. The summed E-state index contributed by atoms with van der Waals surface area (Å²) >= 11 is 0. The summed E-state index contributed by atoms with van der Waals surface area (Å²) in [5.74, 6) is -2.08. The monoisotopic (exact) mass is 438 g/mol. The van der Waals surface area contributed by atoms with Crippen molar-refractivity contribution in [3.8, 4) is 0 Å². The molecule has 2 saturated heterocycles. The molecule has 1 aromatic rings. The van der Waals surface area contributed by atoms with Crippen LogP contribution in [-0.4, -0.2) is 69.3 Å². The Balaban J connectivity index is 1.75. The van der Waals surface area contributed by atoms with E-state index in [2.05, 4.69) is 19.2 Å². The summed E-state index contributed by atoms with van der Waals surface area (Å²) in [5.41, 5.74) is 4.63. The summed E-state index contributed by atoms with van der Waals surface area (Å²) in [6.45, 7) is 0.000208. The number of alkyl halides is 3. The van der Waals surface area contributed by atoms with Gasteiger partial charge >= 0.3 is 28.5 Å². The Bertz CT molecular complexity index is 966. The van der Waals surface area contributed by atoms with E-state index in [4.69, 9.17) is 10.3 Å². The number of halogens is 3. The molecule has 3 heterocycles. The van der Waals surface area contributed by atoms with E-state index < -0.39 is 52.0 Å². The van der Waals surface area contributed by atoms with Crippen molar-refractivity contribution in [1.29, 1.82) is 0 Å². The number of carbonyl (C=O) groups excluding carboxylic acids is 2. The van der Waals surface area contributed by atoms with E-state index in [1.807, 2.05) is 0 Å².